The van der Waals surface area contributed by atoms with Crippen LogP contribution in [0.4, 0.5) is 0 Å². The Kier molecular flexibility index (Phi) is 14.4. The van der Waals surface area contributed by atoms with E-state index in [2.05, 4.69) is 20.8 Å². The number of unbranched alkanes of at least 4 members (excludes halogenated alkanes) is 1. The third kappa shape index (κ3) is 7.29. The van der Waals surface area contributed by atoms with Crippen molar-refractivity contribution in [2.24, 2.45) is 57.2 Å². The molecule has 6 N–H and O–H groups in total. The summed E-state index contributed by atoms with van der Waals surface area (Å²) in [5.41, 5.74) is -3.51. The molecule has 13 nitrogen and oxygen atoms in total. The zero-order valence-electron chi connectivity index (χ0n) is 37.8. The van der Waals surface area contributed by atoms with Crippen LogP contribution in [0.1, 0.15) is 126 Å². The molecule has 64 heavy (non-hydrogen) atoms. The Hall–Kier alpha value is -3.01. The quantitative estimate of drug-likeness (QED) is 0.179. The van der Waals surface area contributed by atoms with E-state index in [-0.39, 0.29) is 78.5 Å². The summed E-state index contributed by atoms with van der Waals surface area (Å²) in [4.78, 5) is 58.8. The number of aliphatic hydroxyl groups excluding tert-OH is 5. The summed E-state index contributed by atoms with van der Waals surface area (Å²) < 4.78 is 12.7. The number of allylic oxidation sites excluding steroid dienone is 8. The van der Waals surface area contributed by atoms with E-state index in [0.29, 0.717) is 25.7 Å². The first-order valence-corrected chi connectivity index (χ1v) is 23.4. The highest BCUT2D eigenvalue weighted by Gasteiger charge is 2.76. The number of fused-ring (bicyclic) bond motifs is 12. The Bertz CT molecular complexity index is 1970. The molecule has 1 unspecified atom stereocenters. The molecule has 17 atom stereocenters. The Morgan fingerprint density at radius 2 is 1.27 bits per heavy atom. The van der Waals surface area contributed by atoms with E-state index in [1.807, 2.05) is 26.0 Å². The minimum Gasteiger partial charge on any atom is -0.393 e. The molecule has 0 spiro atoms. The van der Waals surface area contributed by atoms with E-state index >= 15 is 0 Å². The van der Waals surface area contributed by atoms with Gasteiger partial charge in [-0.3, -0.25) is 19.2 Å². The van der Waals surface area contributed by atoms with Gasteiger partial charge in [-0.25, -0.2) is 0 Å². The maximum atomic E-state index is 13.2. The van der Waals surface area contributed by atoms with Crippen molar-refractivity contribution in [3.05, 3.63) is 47.6 Å². The number of aldehydes is 1. The summed E-state index contributed by atoms with van der Waals surface area (Å²) in [6.45, 7) is 10.6. The molecule has 9 rings (SSSR count). The molecule has 0 aromatic heterocycles. The van der Waals surface area contributed by atoms with Crippen molar-refractivity contribution in [3.63, 3.8) is 0 Å². The van der Waals surface area contributed by atoms with Gasteiger partial charge in [0.1, 0.15) is 19.5 Å². The van der Waals surface area contributed by atoms with E-state index in [1.165, 1.54) is 0 Å². The van der Waals surface area contributed by atoms with Gasteiger partial charge < -0.3 is 44.9 Å². The van der Waals surface area contributed by atoms with E-state index < -0.39 is 77.1 Å². The fraction of sp³-hybridized carbons (Fsp3) is 0.745. The SMILES string of the molecule is C.CCCC1O[C@@H]2C[C@H]3[C@@H]4CCC5=CC(=O)C=C[C@]5(C)[C@H]4[C@@H](O)C[C@]3(C)[C@]2(C(=O)CO)O1.CCCC=O.C[C@]12C=CC(=O)C=C1CC[C@@H]1[C@@H]2[C@@H](O)C[C@@]2(C)[C@H]1C[C@@H](O)[C@]2(O)C(=O)CO. The molecule has 1 saturated heterocycles. The van der Waals surface area contributed by atoms with Gasteiger partial charge in [0.15, 0.2) is 40.6 Å². The zero-order chi connectivity index (χ0) is 46.1. The van der Waals surface area contributed by atoms with Crippen LogP contribution in [-0.4, -0.2) is 115 Å². The number of aliphatic hydroxyl groups is 6. The number of ketones is 4. The third-order valence-corrected chi connectivity index (χ3v) is 18.1. The Labute approximate surface area is 378 Å². The van der Waals surface area contributed by atoms with Crippen molar-refractivity contribution in [1.29, 1.82) is 0 Å². The van der Waals surface area contributed by atoms with Gasteiger partial charge in [-0.2, -0.15) is 0 Å². The topological polar surface area (TPSA) is 225 Å². The van der Waals surface area contributed by atoms with Crippen LogP contribution >= 0.6 is 0 Å². The number of carbonyl (C=O) groups excluding carboxylic acids is 5. The summed E-state index contributed by atoms with van der Waals surface area (Å²) in [7, 11) is 0. The monoisotopic (exact) mass is 895 g/mol. The molecule has 0 radical (unpaired) electrons. The van der Waals surface area contributed by atoms with Crippen LogP contribution in [-0.2, 0) is 33.4 Å². The van der Waals surface area contributed by atoms with Gasteiger partial charge in [-0.05, 0) is 112 Å². The highest BCUT2D eigenvalue weighted by atomic mass is 16.7. The van der Waals surface area contributed by atoms with Crippen molar-refractivity contribution in [2.45, 2.75) is 168 Å². The van der Waals surface area contributed by atoms with Crippen molar-refractivity contribution >= 4 is 29.4 Å². The molecule has 1 heterocycles. The van der Waals surface area contributed by atoms with Crippen LogP contribution in [0.15, 0.2) is 47.6 Å². The van der Waals surface area contributed by atoms with E-state index in [4.69, 9.17) is 9.47 Å². The predicted octanol–water partition coefficient (Wildman–Crippen LogP) is 4.87. The lowest BCUT2D eigenvalue weighted by molar-refractivity contribution is -0.200. The Balaban J connectivity index is 0.000000191. The first-order valence-electron chi connectivity index (χ1n) is 23.4. The normalized spacial score (nSPS) is 46.6. The molecule has 13 heteroatoms. The predicted molar refractivity (Wildman–Crippen MR) is 237 cm³/mol. The molecule has 356 valence electrons. The number of hydrogen-bond donors (Lipinski definition) is 6. The van der Waals surface area contributed by atoms with Gasteiger partial charge in [-0.15, -0.1) is 0 Å². The molecule has 8 aliphatic carbocycles. The molecule has 9 aliphatic rings. The fourth-order valence-electron chi connectivity index (χ4n) is 15.2. The number of ether oxygens (including phenoxy) is 2. The maximum Gasteiger partial charge on any atom is 0.193 e. The molecule has 0 aromatic carbocycles. The van der Waals surface area contributed by atoms with Crippen LogP contribution in [0, 0.1) is 57.2 Å². The lowest BCUT2D eigenvalue weighted by Crippen LogP contribution is -2.63. The van der Waals surface area contributed by atoms with Crippen molar-refractivity contribution in [3.8, 4) is 0 Å². The van der Waals surface area contributed by atoms with Gasteiger partial charge >= 0.3 is 0 Å². The average molecular weight is 895 g/mol. The molecule has 0 aromatic rings. The number of hydrogen-bond acceptors (Lipinski definition) is 13. The second-order valence-corrected chi connectivity index (χ2v) is 21.0. The average Bonchev–Trinajstić information content (AvgIpc) is 3.80. The van der Waals surface area contributed by atoms with Crippen LogP contribution < -0.4 is 0 Å². The summed E-state index contributed by atoms with van der Waals surface area (Å²) >= 11 is 0. The number of carbonyl (C=O) groups is 5. The number of Topliss-reactive ketones (excluding diaryl/α,β-unsaturated/α-hetero) is 2. The third-order valence-electron chi connectivity index (χ3n) is 18.1. The van der Waals surface area contributed by atoms with E-state index in [0.717, 1.165) is 56.0 Å². The van der Waals surface area contributed by atoms with Crippen molar-refractivity contribution < 1.29 is 64.1 Å². The van der Waals surface area contributed by atoms with Crippen LogP contribution in [0.2, 0.25) is 0 Å². The highest BCUT2D eigenvalue weighted by molar-refractivity contribution is 6.01. The molecule has 0 amide bonds. The minimum atomic E-state index is -2.05. The number of rotatable bonds is 8. The standard InChI is InChI=1S/C25H34O6.C21H28O6.C4H8O.CH4/c1-4-5-21-30-20-11-17-16-7-6-14-10-15(27)8-9-23(14,2)22(16)18(28)12-24(17,3)25(20,31-21)19(29)13-26;1-19-6-5-12(23)7-11(19)3-4-13-14-8-16(25)21(27,17(26)10-22)20(14,2)9-15(24)18(13)19;1-2-3-4-5;/h8-10,16-18,20-22,26,28H,4-7,11-13H2,1-3H3;5-7,13-16,18,22,24-25,27H,3-4,8-10H2,1-2H3;4H,2-3H2,1H3;1H4/t16-,17-,18-,20+,21?,22+,23-,24-,25+;13-,14-,15-,16+,18+,19-,20-,21-;;/m00../s1. The van der Waals surface area contributed by atoms with Gasteiger partial charge in [-0.1, -0.05) is 78.7 Å². The van der Waals surface area contributed by atoms with Crippen molar-refractivity contribution in [2.75, 3.05) is 13.2 Å². The second-order valence-electron chi connectivity index (χ2n) is 21.0. The minimum absolute atomic E-state index is 0. The molecule has 6 saturated carbocycles. The molecule has 0 bridgehead atoms. The lowest BCUT2D eigenvalue weighted by Gasteiger charge is -2.59. The summed E-state index contributed by atoms with van der Waals surface area (Å²) in [6, 6.07) is 0. The Morgan fingerprint density at radius 3 is 1.72 bits per heavy atom. The molecular weight excluding hydrogens is 821 g/mol. The van der Waals surface area contributed by atoms with Crippen LogP contribution in [0.3, 0.4) is 0 Å². The van der Waals surface area contributed by atoms with Gasteiger partial charge in [0.2, 0.25) is 0 Å². The van der Waals surface area contributed by atoms with E-state index in [1.54, 1.807) is 31.2 Å². The molecular formula is C51H74O13. The van der Waals surface area contributed by atoms with Crippen LogP contribution in [0.25, 0.3) is 0 Å². The Morgan fingerprint density at radius 1 is 0.766 bits per heavy atom. The van der Waals surface area contributed by atoms with Crippen LogP contribution in [0.5, 0.6) is 0 Å². The zero-order valence-corrected chi connectivity index (χ0v) is 37.8. The smallest absolute Gasteiger partial charge is 0.193 e. The first kappa shape index (κ1) is 50.4. The van der Waals surface area contributed by atoms with Gasteiger partial charge in [0.05, 0.1) is 24.4 Å². The maximum absolute atomic E-state index is 13.2. The second kappa shape index (κ2) is 18.2. The highest BCUT2D eigenvalue weighted by Crippen LogP contribution is 2.70. The van der Waals surface area contributed by atoms with E-state index in [9.17, 15) is 54.6 Å². The lowest BCUT2D eigenvalue weighted by atomic mass is 9.46. The first-order chi connectivity index (χ1) is 29.7. The summed E-state index contributed by atoms with van der Waals surface area (Å²) in [5.74, 6) is -1.07. The molecule has 1 aliphatic heterocycles. The fourth-order valence-corrected chi connectivity index (χ4v) is 15.2. The summed E-state index contributed by atoms with van der Waals surface area (Å²) in [5, 5.41) is 63.7. The van der Waals surface area contributed by atoms with Gasteiger partial charge in [0, 0.05) is 39.9 Å². The molecule has 7 fully saturated rings. The largest absolute Gasteiger partial charge is 0.393 e. The van der Waals surface area contributed by atoms with Crippen molar-refractivity contribution in [1.82, 2.24) is 0 Å². The summed E-state index contributed by atoms with van der Waals surface area (Å²) in [6.07, 6.45) is 15.9. The van der Waals surface area contributed by atoms with Gasteiger partial charge in [0.25, 0.3) is 0 Å².